The van der Waals surface area contributed by atoms with E-state index in [4.69, 9.17) is 17.3 Å². The minimum absolute atomic E-state index is 0.260. The van der Waals surface area contributed by atoms with Crippen LogP contribution in [0.3, 0.4) is 0 Å². The molecule has 2 unspecified atom stereocenters. The number of hydrogen-bond donors (Lipinski definition) is 1. The molecule has 3 heteroatoms. The number of alkyl halides is 1. The van der Waals surface area contributed by atoms with E-state index in [9.17, 15) is 0 Å². The first kappa shape index (κ1) is 13.8. The van der Waals surface area contributed by atoms with Crippen LogP contribution in [0.5, 0.6) is 0 Å². The summed E-state index contributed by atoms with van der Waals surface area (Å²) < 4.78 is 0. The second kappa shape index (κ2) is 5.18. The summed E-state index contributed by atoms with van der Waals surface area (Å²) in [4.78, 5) is 4.06. The molecule has 2 N–H and O–H groups in total. The highest BCUT2D eigenvalue weighted by Gasteiger charge is 2.29. The van der Waals surface area contributed by atoms with Crippen LogP contribution in [-0.4, -0.2) is 11.0 Å². The van der Waals surface area contributed by atoms with E-state index in [1.165, 1.54) is 24.8 Å². The SMILES string of the molecule is CC(c1ccc(C(C)(C)Cl)nc1)C(N)C1CCC1. The lowest BCUT2D eigenvalue weighted by molar-refractivity contribution is 0.242. The van der Waals surface area contributed by atoms with E-state index < -0.39 is 4.87 Å². The maximum Gasteiger partial charge on any atom is 0.0809 e. The molecule has 18 heavy (non-hydrogen) atoms. The van der Waals surface area contributed by atoms with Gasteiger partial charge in [0.2, 0.25) is 0 Å². The molecule has 0 bridgehead atoms. The molecule has 2 atom stereocenters. The van der Waals surface area contributed by atoms with Crippen LogP contribution in [0, 0.1) is 5.92 Å². The predicted octanol–water partition coefficient (Wildman–Crippen LogP) is 3.79. The summed E-state index contributed by atoms with van der Waals surface area (Å²) in [6, 6.07) is 4.40. The van der Waals surface area contributed by atoms with E-state index in [1.54, 1.807) is 0 Å². The van der Waals surface area contributed by atoms with Gasteiger partial charge in [-0.3, -0.25) is 4.98 Å². The highest BCUT2D eigenvalue weighted by molar-refractivity contribution is 6.23. The fourth-order valence-corrected chi connectivity index (χ4v) is 2.59. The van der Waals surface area contributed by atoms with Gasteiger partial charge in [-0.2, -0.15) is 0 Å². The number of aromatic nitrogens is 1. The van der Waals surface area contributed by atoms with E-state index in [0.717, 1.165) is 5.69 Å². The Balaban J connectivity index is 2.08. The summed E-state index contributed by atoms with van der Waals surface area (Å²) in [6.45, 7) is 6.12. The third-order valence-electron chi connectivity index (χ3n) is 4.19. The van der Waals surface area contributed by atoms with Crippen molar-refractivity contribution in [3.63, 3.8) is 0 Å². The van der Waals surface area contributed by atoms with Gasteiger partial charge in [0, 0.05) is 12.2 Å². The zero-order valence-electron chi connectivity index (χ0n) is 11.5. The molecule has 0 aromatic carbocycles. The van der Waals surface area contributed by atoms with Crippen LogP contribution in [0.4, 0.5) is 0 Å². The molecule has 1 aliphatic carbocycles. The molecule has 0 spiro atoms. The number of nitrogens with two attached hydrogens (primary N) is 1. The largest absolute Gasteiger partial charge is 0.327 e. The quantitative estimate of drug-likeness (QED) is 0.843. The smallest absolute Gasteiger partial charge is 0.0809 e. The average Bonchev–Trinajstić information content (AvgIpc) is 2.24. The van der Waals surface area contributed by atoms with Crippen molar-refractivity contribution in [2.75, 3.05) is 0 Å². The van der Waals surface area contributed by atoms with Gasteiger partial charge in [0.1, 0.15) is 0 Å². The van der Waals surface area contributed by atoms with Crippen LogP contribution < -0.4 is 5.73 Å². The van der Waals surface area contributed by atoms with Crippen molar-refractivity contribution < 1.29 is 0 Å². The standard InChI is InChI=1S/C15H23ClN2/c1-10(14(17)11-5-4-6-11)12-7-8-13(18-9-12)15(2,3)16/h7-11,14H,4-6,17H2,1-3H3. The lowest BCUT2D eigenvalue weighted by atomic mass is 9.74. The summed E-state index contributed by atoms with van der Waals surface area (Å²) in [5, 5.41) is 0. The summed E-state index contributed by atoms with van der Waals surface area (Å²) in [5.74, 6) is 1.07. The topological polar surface area (TPSA) is 38.9 Å². The second-order valence-electron chi connectivity index (χ2n) is 6.01. The van der Waals surface area contributed by atoms with Gasteiger partial charge in [-0.1, -0.05) is 19.4 Å². The van der Waals surface area contributed by atoms with Crippen molar-refractivity contribution in [2.24, 2.45) is 11.7 Å². The fourth-order valence-electron chi connectivity index (χ4n) is 2.48. The maximum atomic E-state index is 6.32. The lowest BCUT2D eigenvalue weighted by Crippen LogP contribution is -2.38. The molecule has 0 amide bonds. The van der Waals surface area contributed by atoms with Crippen LogP contribution >= 0.6 is 11.6 Å². The van der Waals surface area contributed by atoms with Crippen LogP contribution in [0.25, 0.3) is 0 Å². The van der Waals surface area contributed by atoms with Gasteiger partial charge >= 0.3 is 0 Å². The first-order valence-corrected chi connectivity index (χ1v) is 7.18. The highest BCUT2D eigenvalue weighted by Crippen LogP contribution is 2.35. The molecule has 0 radical (unpaired) electrons. The number of halogens is 1. The zero-order chi connectivity index (χ0) is 13.3. The molecular weight excluding hydrogens is 244 g/mol. The Hall–Kier alpha value is -0.600. The highest BCUT2D eigenvalue weighted by atomic mass is 35.5. The monoisotopic (exact) mass is 266 g/mol. The maximum absolute atomic E-state index is 6.32. The van der Waals surface area contributed by atoms with Gasteiger partial charge in [-0.05, 0) is 50.2 Å². The first-order valence-electron chi connectivity index (χ1n) is 6.80. The number of hydrogen-bond acceptors (Lipinski definition) is 2. The van der Waals surface area contributed by atoms with Gasteiger partial charge in [0.05, 0.1) is 10.6 Å². The minimum atomic E-state index is -0.405. The Morgan fingerprint density at radius 3 is 2.44 bits per heavy atom. The first-order chi connectivity index (χ1) is 8.39. The van der Waals surface area contributed by atoms with Crippen molar-refractivity contribution in [2.45, 2.75) is 56.9 Å². The average molecular weight is 267 g/mol. The normalized spacial score (nSPS) is 20.3. The van der Waals surface area contributed by atoms with Gasteiger partial charge in [0.25, 0.3) is 0 Å². The molecular formula is C15H23ClN2. The van der Waals surface area contributed by atoms with Crippen molar-refractivity contribution in [1.29, 1.82) is 0 Å². The van der Waals surface area contributed by atoms with Gasteiger partial charge in [-0.15, -0.1) is 11.6 Å². The Morgan fingerprint density at radius 1 is 1.39 bits per heavy atom. The summed E-state index contributed by atoms with van der Waals surface area (Å²) in [5.41, 5.74) is 8.46. The number of pyridine rings is 1. The molecule has 1 saturated carbocycles. The van der Waals surface area contributed by atoms with Crippen molar-refractivity contribution in [3.8, 4) is 0 Å². The van der Waals surface area contributed by atoms with Gasteiger partial charge < -0.3 is 5.73 Å². The molecule has 1 aromatic heterocycles. The van der Waals surface area contributed by atoms with Crippen LogP contribution in [0.1, 0.15) is 57.2 Å². The fraction of sp³-hybridized carbons (Fsp3) is 0.667. The molecule has 0 saturated heterocycles. The molecule has 0 aliphatic heterocycles. The van der Waals surface area contributed by atoms with Crippen LogP contribution in [0.15, 0.2) is 18.3 Å². The van der Waals surface area contributed by atoms with Crippen LogP contribution in [0.2, 0.25) is 0 Å². The van der Waals surface area contributed by atoms with E-state index in [1.807, 2.05) is 26.1 Å². The van der Waals surface area contributed by atoms with Crippen LogP contribution in [-0.2, 0) is 4.87 Å². The van der Waals surface area contributed by atoms with Gasteiger partial charge in [-0.25, -0.2) is 0 Å². The Kier molecular flexibility index (Phi) is 3.98. The van der Waals surface area contributed by atoms with Crippen molar-refractivity contribution in [3.05, 3.63) is 29.6 Å². The zero-order valence-corrected chi connectivity index (χ0v) is 12.2. The van der Waals surface area contributed by atoms with E-state index >= 15 is 0 Å². The molecule has 100 valence electrons. The third-order valence-corrected chi connectivity index (χ3v) is 4.39. The van der Waals surface area contributed by atoms with E-state index in [2.05, 4.69) is 18.0 Å². The van der Waals surface area contributed by atoms with Crippen molar-refractivity contribution in [1.82, 2.24) is 4.98 Å². The van der Waals surface area contributed by atoms with E-state index in [-0.39, 0.29) is 6.04 Å². The molecule has 2 nitrogen and oxygen atoms in total. The molecule has 2 rings (SSSR count). The molecule has 1 heterocycles. The minimum Gasteiger partial charge on any atom is -0.327 e. The number of nitrogens with zero attached hydrogens (tertiary/aromatic N) is 1. The summed E-state index contributed by atoms with van der Waals surface area (Å²) in [6.07, 6.45) is 5.84. The molecule has 1 aliphatic rings. The van der Waals surface area contributed by atoms with Crippen molar-refractivity contribution >= 4 is 11.6 Å². The Bertz CT molecular complexity index is 390. The lowest BCUT2D eigenvalue weighted by Gasteiger charge is -2.35. The Morgan fingerprint density at radius 2 is 2.06 bits per heavy atom. The van der Waals surface area contributed by atoms with Gasteiger partial charge in [0.15, 0.2) is 0 Å². The summed E-state index contributed by atoms with van der Waals surface area (Å²) >= 11 is 6.25. The van der Waals surface area contributed by atoms with E-state index in [0.29, 0.717) is 11.8 Å². The molecule has 1 aromatic rings. The molecule has 1 fully saturated rings. The predicted molar refractivity (Wildman–Crippen MR) is 76.8 cm³/mol. The Labute approximate surface area is 115 Å². The number of rotatable bonds is 4. The summed E-state index contributed by atoms with van der Waals surface area (Å²) in [7, 11) is 0. The third kappa shape index (κ3) is 2.86. The second-order valence-corrected chi connectivity index (χ2v) is 6.95.